The number of rotatable bonds is 3. The Kier molecular flexibility index (Phi) is 4.73. The van der Waals surface area contributed by atoms with Gasteiger partial charge >= 0.3 is 0 Å². The molecule has 1 fully saturated rings. The number of aryl methyl sites for hydroxylation is 2. The standard InChI is InChI=1S/C24H24N2O2/c1-17-13-21(14-18(2)25-17)19-7-6-8-20(15-19)23(27)26-12-11-24(28,16-26)22-9-4-3-5-10-22/h3-10,13-15,28H,11-12,16H2,1-2H3. The lowest BCUT2D eigenvalue weighted by molar-refractivity contribution is 0.0417. The number of β-amino-alcohol motifs (C(OH)–C–C–N with tert-alkyl or cyclic N) is 1. The third-order valence-corrected chi connectivity index (χ3v) is 5.37. The van der Waals surface area contributed by atoms with E-state index in [1.807, 2.05) is 80.6 Å². The molecule has 1 aliphatic heterocycles. The van der Waals surface area contributed by atoms with Crippen molar-refractivity contribution in [1.82, 2.24) is 9.88 Å². The molecule has 28 heavy (non-hydrogen) atoms. The van der Waals surface area contributed by atoms with E-state index in [-0.39, 0.29) is 5.91 Å². The van der Waals surface area contributed by atoms with Crippen LogP contribution in [0, 0.1) is 13.8 Å². The highest BCUT2D eigenvalue weighted by Gasteiger charge is 2.39. The van der Waals surface area contributed by atoms with Crippen molar-refractivity contribution in [3.05, 3.63) is 89.2 Å². The molecule has 1 aliphatic rings. The molecule has 2 heterocycles. The van der Waals surface area contributed by atoms with Gasteiger partial charge in [-0.1, -0.05) is 42.5 Å². The minimum absolute atomic E-state index is 0.0452. The van der Waals surface area contributed by atoms with Gasteiger partial charge in [0.2, 0.25) is 0 Å². The van der Waals surface area contributed by atoms with Crippen molar-refractivity contribution in [2.75, 3.05) is 13.1 Å². The monoisotopic (exact) mass is 372 g/mol. The molecule has 1 aromatic heterocycles. The van der Waals surface area contributed by atoms with Crippen LogP contribution in [0.3, 0.4) is 0 Å². The number of likely N-dealkylation sites (tertiary alicyclic amines) is 1. The van der Waals surface area contributed by atoms with Crippen LogP contribution >= 0.6 is 0 Å². The van der Waals surface area contributed by atoms with Crippen molar-refractivity contribution in [3.8, 4) is 11.1 Å². The van der Waals surface area contributed by atoms with Gasteiger partial charge in [0.15, 0.2) is 0 Å². The van der Waals surface area contributed by atoms with Crippen LogP contribution in [0.15, 0.2) is 66.7 Å². The van der Waals surface area contributed by atoms with E-state index >= 15 is 0 Å². The molecule has 1 N–H and O–H groups in total. The van der Waals surface area contributed by atoms with Gasteiger partial charge in [0, 0.05) is 23.5 Å². The van der Waals surface area contributed by atoms with Gasteiger partial charge in [-0.2, -0.15) is 0 Å². The van der Waals surface area contributed by atoms with Gasteiger partial charge in [0.05, 0.1) is 6.54 Å². The zero-order valence-corrected chi connectivity index (χ0v) is 16.2. The van der Waals surface area contributed by atoms with Gasteiger partial charge in [-0.05, 0) is 61.2 Å². The second-order valence-electron chi connectivity index (χ2n) is 7.59. The summed E-state index contributed by atoms with van der Waals surface area (Å²) in [5.74, 6) is -0.0452. The van der Waals surface area contributed by atoms with Gasteiger partial charge in [0.1, 0.15) is 5.60 Å². The number of carbonyl (C=O) groups excluding carboxylic acids is 1. The van der Waals surface area contributed by atoms with E-state index < -0.39 is 5.60 Å². The first-order chi connectivity index (χ1) is 13.4. The Bertz CT molecular complexity index is 996. The Morgan fingerprint density at radius 3 is 2.39 bits per heavy atom. The highest BCUT2D eigenvalue weighted by atomic mass is 16.3. The van der Waals surface area contributed by atoms with Gasteiger partial charge in [-0.3, -0.25) is 9.78 Å². The van der Waals surface area contributed by atoms with E-state index in [2.05, 4.69) is 4.98 Å². The number of carbonyl (C=O) groups is 1. The molecule has 0 spiro atoms. The van der Waals surface area contributed by atoms with Crippen LogP contribution in [0.4, 0.5) is 0 Å². The summed E-state index contributed by atoms with van der Waals surface area (Å²) in [6.45, 7) is 4.80. The van der Waals surface area contributed by atoms with E-state index in [0.717, 1.165) is 28.1 Å². The second-order valence-corrected chi connectivity index (χ2v) is 7.59. The quantitative estimate of drug-likeness (QED) is 0.753. The summed E-state index contributed by atoms with van der Waals surface area (Å²) in [6.07, 6.45) is 0.547. The van der Waals surface area contributed by atoms with Crippen LogP contribution in [0.2, 0.25) is 0 Å². The average Bonchev–Trinajstić information content (AvgIpc) is 3.11. The topological polar surface area (TPSA) is 53.4 Å². The number of hydrogen-bond acceptors (Lipinski definition) is 3. The number of aromatic nitrogens is 1. The van der Waals surface area contributed by atoms with Crippen molar-refractivity contribution in [1.29, 1.82) is 0 Å². The van der Waals surface area contributed by atoms with E-state index in [1.165, 1.54) is 0 Å². The van der Waals surface area contributed by atoms with Crippen molar-refractivity contribution < 1.29 is 9.90 Å². The molecule has 0 aliphatic carbocycles. The lowest BCUT2D eigenvalue weighted by Gasteiger charge is -2.24. The number of nitrogens with zero attached hydrogens (tertiary/aromatic N) is 2. The first-order valence-electron chi connectivity index (χ1n) is 9.57. The average molecular weight is 372 g/mol. The van der Waals surface area contributed by atoms with Crippen LogP contribution < -0.4 is 0 Å². The van der Waals surface area contributed by atoms with E-state index in [4.69, 9.17) is 0 Å². The Morgan fingerprint density at radius 2 is 1.68 bits per heavy atom. The van der Waals surface area contributed by atoms with E-state index in [9.17, 15) is 9.90 Å². The van der Waals surface area contributed by atoms with Crippen molar-refractivity contribution in [3.63, 3.8) is 0 Å². The Hall–Kier alpha value is -2.98. The highest BCUT2D eigenvalue weighted by molar-refractivity contribution is 5.95. The maximum atomic E-state index is 13.1. The first kappa shape index (κ1) is 18.4. The summed E-state index contributed by atoms with van der Waals surface area (Å²) in [5, 5.41) is 11.0. The SMILES string of the molecule is Cc1cc(-c2cccc(C(=O)N3CCC(O)(c4ccccc4)C3)c2)cc(C)n1. The fourth-order valence-corrected chi connectivity index (χ4v) is 3.97. The second kappa shape index (κ2) is 7.21. The van der Waals surface area contributed by atoms with E-state index in [0.29, 0.717) is 25.1 Å². The lowest BCUT2D eigenvalue weighted by Crippen LogP contribution is -2.34. The largest absolute Gasteiger partial charge is 0.383 e. The van der Waals surface area contributed by atoms with Gasteiger partial charge < -0.3 is 10.0 Å². The van der Waals surface area contributed by atoms with Gasteiger partial charge in [-0.25, -0.2) is 0 Å². The molecule has 4 heteroatoms. The van der Waals surface area contributed by atoms with Crippen LogP contribution in [0.25, 0.3) is 11.1 Å². The first-order valence-corrected chi connectivity index (χ1v) is 9.57. The van der Waals surface area contributed by atoms with Crippen LogP contribution in [0.5, 0.6) is 0 Å². The molecule has 0 radical (unpaired) electrons. The zero-order valence-electron chi connectivity index (χ0n) is 16.2. The van der Waals surface area contributed by atoms with E-state index in [1.54, 1.807) is 4.90 Å². The molecule has 142 valence electrons. The van der Waals surface area contributed by atoms with Gasteiger partial charge in [-0.15, -0.1) is 0 Å². The summed E-state index contributed by atoms with van der Waals surface area (Å²) in [6, 6.07) is 21.3. The molecule has 4 rings (SSSR count). The third kappa shape index (κ3) is 3.56. The highest BCUT2D eigenvalue weighted by Crippen LogP contribution is 2.33. The van der Waals surface area contributed by atoms with Crippen molar-refractivity contribution in [2.45, 2.75) is 25.9 Å². The maximum Gasteiger partial charge on any atom is 0.253 e. The molecule has 0 saturated carbocycles. The van der Waals surface area contributed by atoms with Crippen molar-refractivity contribution in [2.24, 2.45) is 0 Å². The summed E-state index contributed by atoms with van der Waals surface area (Å²) >= 11 is 0. The number of aliphatic hydroxyl groups is 1. The summed E-state index contributed by atoms with van der Waals surface area (Å²) in [5.41, 5.74) is 4.49. The third-order valence-electron chi connectivity index (χ3n) is 5.37. The van der Waals surface area contributed by atoms with Gasteiger partial charge in [0.25, 0.3) is 5.91 Å². The normalized spacial score (nSPS) is 19.0. The summed E-state index contributed by atoms with van der Waals surface area (Å²) < 4.78 is 0. The Balaban J connectivity index is 1.58. The number of amides is 1. The minimum Gasteiger partial charge on any atom is -0.383 e. The maximum absolute atomic E-state index is 13.1. The predicted molar refractivity (Wildman–Crippen MR) is 110 cm³/mol. The molecule has 1 saturated heterocycles. The molecule has 1 unspecified atom stereocenters. The molecule has 1 amide bonds. The zero-order chi connectivity index (χ0) is 19.7. The Morgan fingerprint density at radius 1 is 0.964 bits per heavy atom. The van der Waals surface area contributed by atoms with Crippen LogP contribution in [0.1, 0.15) is 33.7 Å². The summed E-state index contributed by atoms with van der Waals surface area (Å²) in [7, 11) is 0. The number of hydrogen-bond donors (Lipinski definition) is 1. The smallest absolute Gasteiger partial charge is 0.253 e. The lowest BCUT2D eigenvalue weighted by atomic mass is 9.93. The molecular weight excluding hydrogens is 348 g/mol. The molecule has 2 aromatic carbocycles. The fourth-order valence-electron chi connectivity index (χ4n) is 3.97. The number of pyridine rings is 1. The molecule has 0 bridgehead atoms. The minimum atomic E-state index is -0.978. The number of benzene rings is 2. The Labute approximate surface area is 165 Å². The molecule has 1 atom stereocenters. The summed E-state index contributed by atoms with van der Waals surface area (Å²) in [4.78, 5) is 19.3. The van der Waals surface area contributed by atoms with Crippen molar-refractivity contribution >= 4 is 5.91 Å². The fraction of sp³-hybridized carbons (Fsp3) is 0.250. The molecule has 3 aromatic rings. The van der Waals surface area contributed by atoms with Crippen LogP contribution in [-0.2, 0) is 5.60 Å². The molecule has 4 nitrogen and oxygen atoms in total. The van der Waals surface area contributed by atoms with Crippen LogP contribution in [-0.4, -0.2) is 34.0 Å². The molecular formula is C24H24N2O2. The predicted octanol–water partition coefficient (Wildman–Crippen LogP) is 4.10.